The summed E-state index contributed by atoms with van der Waals surface area (Å²) in [5.41, 5.74) is 3.08. The van der Waals surface area contributed by atoms with Gasteiger partial charge >= 0.3 is 0 Å². The van der Waals surface area contributed by atoms with Crippen LogP contribution in [-0.2, 0) is 11.2 Å². The predicted octanol–water partition coefficient (Wildman–Crippen LogP) is 2.86. The molecule has 0 aromatic heterocycles. The number of carbonyl (C=O) groups is 2. The molecule has 118 valence electrons. The highest BCUT2D eigenvalue weighted by Crippen LogP contribution is 2.35. The molecule has 0 bridgehead atoms. The summed E-state index contributed by atoms with van der Waals surface area (Å²) in [5, 5.41) is 2.91. The minimum absolute atomic E-state index is 0.0186. The number of carbonyl (C=O) groups excluding carboxylic acids is 2. The van der Waals surface area contributed by atoms with E-state index in [1.807, 2.05) is 18.2 Å². The standard InChI is InChI=1S/C18H18N2O3/c1-12(21)20-11-10-13-4-3-5-16(17(13)20)19-18(22)14-6-8-15(23-2)9-7-14/h3-9H,10-11H2,1-2H3,(H,19,22). The van der Waals surface area contributed by atoms with E-state index in [9.17, 15) is 9.59 Å². The molecule has 0 atom stereocenters. The van der Waals surface area contributed by atoms with Gasteiger partial charge < -0.3 is 15.0 Å². The Bertz CT molecular complexity index is 753. The van der Waals surface area contributed by atoms with Crippen molar-refractivity contribution < 1.29 is 14.3 Å². The summed E-state index contributed by atoms with van der Waals surface area (Å²) in [7, 11) is 1.58. The predicted molar refractivity (Wildman–Crippen MR) is 89.1 cm³/mol. The first kappa shape index (κ1) is 15.1. The van der Waals surface area contributed by atoms with Gasteiger partial charge in [-0.3, -0.25) is 9.59 Å². The zero-order valence-electron chi connectivity index (χ0n) is 13.1. The van der Waals surface area contributed by atoms with Crippen molar-refractivity contribution in [1.29, 1.82) is 0 Å². The van der Waals surface area contributed by atoms with E-state index in [1.165, 1.54) is 6.92 Å². The molecule has 0 unspecified atom stereocenters. The van der Waals surface area contributed by atoms with Crippen molar-refractivity contribution in [3.05, 3.63) is 53.6 Å². The number of fused-ring (bicyclic) bond motifs is 1. The highest BCUT2D eigenvalue weighted by Gasteiger charge is 2.25. The number of methoxy groups -OCH3 is 1. The zero-order valence-corrected chi connectivity index (χ0v) is 13.1. The average molecular weight is 310 g/mol. The number of ether oxygens (including phenoxy) is 1. The van der Waals surface area contributed by atoms with Crippen LogP contribution in [0.2, 0.25) is 0 Å². The van der Waals surface area contributed by atoms with Crippen LogP contribution in [0.1, 0.15) is 22.8 Å². The summed E-state index contributed by atoms with van der Waals surface area (Å²) < 4.78 is 5.09. The number of amides is 2. The maximum absolute atomic E-state index is 12.4. The Morgan fingerprint density at radius 3 is 2.52 bits per heavy atom. The first-order valence-corrected chi connectivity index (χ1v) is 7.45. The quantitative estimate of drug-likeness (QED) is 0.948. The number of benzene rings is 2. The van der Waals surface area contributed by atoms with E-state index in [0.717, 1.165) is 17.7 Å². The molecule has 5 heteroatoms. The number of nitrogens with zero attached hydrogens (tertiary/aromatic N) is 1. The molecule has 1 aliphatic rings. The molecule has 2 aromatic carbocycles. The Hall–Kier alpha value is -2.82. The number of para-hydroxylation sites is 1. The van der Waals surface area contributed by atoms with Crippen molar-refractivity contribution in [2.24, 2.45) is 0 Å². The van der Waals surface area contributed by atoms with Crippen LogP contribution in [0.5, 0.6) is 5.75 Å². The summed E-state index contributed by atoms with van der Waals surface area (Å²) >= 11 is 0. The Morgan fingerprint density at radius 2 is 1.87 bits per heavy atom. The van der Waals surface area contributed by atoms with Crippen LogP contribution in [0, 0.1) is 0 Å². The van der Waals surface area contributed by atoms with Crippen molar-refractivity contribution in [2.45, 2.75) is 13.3 Å². The molecule has 0 spiro atoms. The third kappa shape index (κ3) is 2.90. The molecule has 0 saturated heterocycles. The molecule has 0 saturated carbocycles. The van der Waals surface area contributed by atoms with Crippen molar-refractivity contribution in [2.75, 3.05) is 23.9 Å². The van der Waals surface area contributed by atoms with E-state index in [1.54, 1.807) is 36.3 Å². The molecular weight excluding hydrogens is 292 g/mol. The van der Waals surface area contributed by atoms with Gasteiger partial charge in [-0.25, -0.2) is 0 Å². The molecule has 2 aromatic rings. The molecular formula is C18H18N2O3. The molecule has 1 N–H and O–H groups in total. The van der Waals surface area contributed by atoms with Gasteiger partial charge in [0.05, 0.1) is 18.5 Å². The fraction of sp³-hybridized carbons (Fsp3) is 0.222. The van der Waals surface area contributed by atoms with E-state index in [-0.39, 0.29) is 11.8 Å². The second-order valence-corrected chi connectivity index (χ2v) is 5.42. The largest absolute Gasteiger partial charge is 0.497 e. The first-order valence-electron chi connectivity index (χ1n) is 7.45. The molecule has 1 aliphatic heterocycles. The van der Waals surface area contributed by atoms with Crippen LogP contribution < -0.4 is 15.0 Å². The molecule has 0 aliphatic carbocycles. The second kappa shape index (κ2) is 6.12. The lowest BCUT2D eigenvalue weighted by molar-refractivity contribution is -0.116. The van der Waals surface area contributed by atoms with Crippen molar-refractivity contribution in [3.8, 4) is 5.75 Å². The van der Waals surface area contributed by atoms with Crippen molar-refractivity contribution >= 4 is 23.2 Å². The van der Waals surface area contributed by atoms with Crippen LogP contribution >= 0.6 is 0 Å². The van der Waals surface area contributed by atoms with Crippen molar-refractivity contribution in [3.63, 3.8) is 0 Å². The van der Waals surface area contributed by atoms with Gasteiger partial charge in [-0.15, -0.1) is 0 Å². The maximum Gasteiger partial charge on any atom is 0.255 e. The Morgan fingerprint density at radius 1 is 1.13 bits per heavy atom. The lowest BCUT2D eigenvalue weighted by Crippen LogP contribution is -2.27. The second-order valence-electron chi connectivity index (χ2n) is 5.42. The zero-order chi connectivity index (χ0) is 16.4. The highest BCUT2D eigenvalue weighted by atomic mass is 16.5. The van der Waals surface area contributed by atoms with Gasteiger partial charge in [-0.05, 0) is 42.3 Å². The van der Waals surface area contributed by atoms with Crippen LogP contribution in [0.25, 0.3) is 0 Å². The fourth-order valence-corrected chi connectivity index (χ4v) is 2.81. The van der Waals surface area contributed by atoms with E-state index < -0.39 is 0 Å². The van der Waals surface area contributed by atoms with Crippen molar-refractivity contribution in [1.82, 2.24) is 0 Å². The minimum atomic E-state index is -0.212. The van der Waals surface area contributed by atoms with Crippen LogP contribution in [0.15, 0.2) is 42.5 Å². The van der Waals surface area contributed by atoms with Gasteiger partial charge in [0.15, 0.2) is 0 Å². The van der Waals surface area contributed by atoms with E-state index in [4.69, 9.17) is 4.74 Å². The fourth-order valence-electron chi connectivity index (χ4n) is 2.81. The van der Waals surface area contributed by atoms with Crippen LogP contribution in [-0.4, -0.2) is 25.5 Å². The van der Waals surface area contributed by atoms with Crippen LogP contribution in [0.3, 0.4) is 0 Å². The third-order valence-corrected chi connectivity index (χ3v) is 3.97. The molecule has 5 nitrogen and oxygen atoms in total. The smallest absolute Gasteiger partial charge is 0.255 e. The molecule has 0 fully saturated rings. The van der Waals surface area contributed by atoms with Gasteiger partial charge in [0.25, 0.3) is 5.91 Å². The summed E-state index contributed by atoms with van der Waals surface area (Å²) in [4.78, 5) is 25.9. The summed E-state index contributed by atoms with van der Waals surface area (Å²) in [6, 6.07) is 12.6. The number of nitrogens with one attached hydrogen (secondary N) is 1. The minimum Gasteiger partial charge on any atom is -0.497 e. The molecule has 3 rings (SSSR count). The SMILES string of the molecule is COc1ccc(C(=O)Nc2cccc3c2N(C(C)=O)CC3)cc1. The molecule has 1 heterocycles. The monoisotopic (exact) mass is 310 g/mol. The lowest BCUT2D eigenvalue weighted by atomic mass is 10.1. The average Bonchev–Trinajstić information content (AvgIpc) is 3.00. The third-order valence-electron chi connectivity index (χ3n) is 3.97. The van der Waals surface area contributed by atoms with Gasteiger partial charge in [0.2, 0.25) is 5.91 Å². The van der Waals surface area contributed by atoms with Gasteiger partial charge in [-0.1, -0.05) is 12.1 Å². The highest BCUT2D eigenvalue weighted by molar-refractivity contribution is 6.08. The number of rotatable bonds is 3. The van der Waals surface area contributed by atoms with Crippen LogP contribution in [0.4, 0.5) is 11.4 Å². The Kier molecular flexibility index (Phi) is 4.02. The van der Waals surface area contributed by atoms with Gasteiger partial charge in [0.1, 0.15) is 5.75 Å². The summed E-state index contributed by atoms with van der Waals surface area (Å²) in [5.74, 6) is 0.469. The summed E-state index contributed by atoms with van der Waals surface area (Å²) in [6.07, 6.45) is 0.807. The number of hydrogen-bond donors (Lipinski definition) is 1. The molecule has 2 amide bonds. The lowest BCUT2D eigenvalue weighted by Gasteiger charge is -2.19. The topological polar surface area (TPSA) is 58.6 Å². The van der Waals surface area contributed by atoms with E-state index in [0.29, 0.717) is 23.5 Å². The normalized spacial score (nSPS) is 12.7. The van der Waals surface area contributed by atoms with Gasteiger partial charge in [0, 0.05) is 19.0 Å². The number of hydrogen-bond acceptors (Lipinski definition) is 3. The maximum atomic E-state index is 12.4. The van der Waals surface area contributed by atoms with E-state index in [2.05, 4.69) is 5.32 Å². The Balaban J connectivity index is 1.87. The first-order chi connectivity index (χ1) is 11.1. The molecule has 0 radical (unpaired) electrons. The van der Waals surface area contributed by atoms with Gasteiger partial charge in [-0.2, -0.15) is 0 Å². The number of anilines is 2. The van der Waals surface area contributed by atoms with E-state index >= 15 is 0 Å². The molecule has 23 heavy (non-hydrogen) atoms. The Labute approximate surface area is 134 Å². The summed E-state index contributed by atoms with van der Waals surface area (Å²) in [6.45, 7) is 2.19.